The predicted molar refractivity (Wildman–Crippen MR) is 92.3 cm³/mol. The van der Waals surface area contributed by atoms with Crippen molar-refractivity contribution in [2.75, 3.05) is 6.54 Å². The van der Waals surface area contributed by atoms with E-state index in [0.717, 1.165) is 25.9 Å². The molecule has 124 valence electrons. The van der Waals surface area contributed by atoms with Gasteiger partial charge in [0.2, 0.25) is 0 Å². The van der Waals surface area contributed by atoms with Gasteiger partial charge >= 0.3 is 0 Å². The third-order valence-electron chi connectivity index (χ3n) is 3.53. The second kappa shape index (κ2) is 7.79. The molecule has 3 atom stereocenters. The van der Waals surface area contributed by atoms with E-state index >= 15 is 0 Å². The van der Waals surface area contributed by atoms with E-state index in [-0.39, 0.29) is 16.9 Å². The minimum atomic E-state index is -0.836. The zero-order valence-electron chi connectivity index (χ0n) is 13.7. The summed E-state index contributed by atoms with van der Waals surface area (Å²) in [5.41, 5.74) is 7.09. The molecule has 1 aliphatic heterocycles. The molecule has 1 fully saturated rings. The number of aliphatic hydroxyl groups is 1. The van der Waals surface area contributed by atoms with Crippen LogP contribution in [0.2, 0.25) is 0 Å². The van der Waals surface area contributed by atoms with E-state index in [4.69, 9.17) is 10.5 Å². The number of aliphatic hydroxyl groups excluding tert-OH is 1. The topological polar surface area (TPSA) is 58.7 Å². The molecule has 0 bridgehead atoms. The maximum Gasteiger partial charge on any atom is 0.170 e. The molecule has 0 radical (unpaired) electrons. The number of nitrogens with two attached hydrogens (primary N) is 1. The van der Waals surface area contributed by atoms with Gasteiger partial charge in [-0.1, -0.05) is 42.3 Å². The van der Waals surface area contributed by atoms with E-state index < -0.39 is 6.29 Å². The molecular formula is C17H28N2O2S. The molecular weight excluding hydrogens is 296 g/mol. The molecule has 0 aromatic heterocycles. The number of nitrogens with zero attached hydrogens (tertiary/aromatic N) is 1. The molecule has 1 aromatic carbocycles. The quantitative estimate of drug-likeness (QED) is 0.816. The summed E-state index contributed by atoms with van der Waals surface area (Å²) in [5.74, 6) is 0. The van der Waals surface area contributed by atoms with Gasteiger partial charge in [-0.05, 0) is 39.2 Å². The van der Waals surface area contributed by atoms with Gasteiger partial charge in [0.25, 0.3) is 0 Å². The summed E-state index contributed by atoms with van der Waals surface area (Å²) in [5, 5.41) is 9.81. The summed E-state index contributed by atoms with van der Waals surface area (Å²) in [6, 6.07) is 10.2. The van der Waals surface area contributed by atoms with Crippen molar-refractivity contribution in [1.29, 1.82) is 0 Å². The highest BCUT2D eigenvalue weighted by Crippen LogP contribution is 2.30. The van der Waals surface area contributed by atoms with Crippen LogP contribution in [0.5, 0.6) is 0 Å². The van der Waals surface area contributed by atoms with E-state index in [1.807, 2.05) is 18.0 Å². The standard InChI is InChI=1S/C17H28N2O2S/c1-17(2,3)22-19(11-13-7-5-4-6-8-13)12-14-9-10-15(18)16(20)21-14/h4-8,14-16,20H,9-12,18H2,1-3H3. The third kappa shape index (κ3) is 5.89. The molecule has 0 spiro atoms. The van der Waals surface area contributed by atoms with Crippen LogP contribution in [0.25, 0.3) is 0 Å². The Labute approximate surface area is 138 Å². The lowest BCUT2D eigenvalue weighted by Crippen LogP contribution is -2.46. The summed E-state index contributed by atoms with van der Waals surface area (Å²) in [7, 11) is 0. The average Bonchev–Trinajstić information content (AvgIpc) is 2.42. The first kappa shape index (κ1) is 17.8. The van der Waals surface area contributed by atoms with Crippen molar-refractivity contribution in [1.82, 2.24) is 4.31 Å². The van der Waals surface area contributed by atoms with Crippen LogP contribution in [-0.2, 0) is 11.3 Å². The summed E-state index contributed by atoms with van der Waals surface area (Å²) in [6.07, 6.45) is 0.907. The number of rotatable bonds is 5. The highest BCUT2D eigenvalue weighted by atomic mass is 32.2. The van der Waals surface area contributed by atoms with Crippen molar-refractivity contribution in [3.05, 3.63) is 35.9 Å². The van der Waals surface area contributed by atoms with Gasteiger partial charge in [0, 0.05) is 17.8 Å². The minimum Gasteiger partial charge on any atom is -0.367 e. The van der Waals surface area contributed by atoms with E-state index in [0.29, 0.717) is 0 Å². The Morgan fingerprint density at radius 1 is 1.27 bits per heavy atom. The second-order valence-corrected chi connectivity index (χ2v) is 8.83. The summed E-state index contributed by atoms with van der Waals surface area (Å²) in [6.45, 7) is 8.29. The molecule has 1 saturated heterocycles. The second-order valence-electron chi connectivity index (χ2n) is 6.90. The van der Waals surface area contributed by atoms with E-state index in [2.05, 4.69) is 49.3 Å². The lowest BCUT2D eigenvalue weighted by atomic mass is 10.0. The Morgan fingerprint density at radius 3 is 2.55 bits per heavy atom. The van der Waals surface area contributed by atoms with Crippen molar-refractivity contribution in [3.63, 3.8) is 0 Å². The van der Waals surface area contributed by atoms with Crippen molar-refractivity contribution in [2.45, 2.75) is 63.3 Å². The number of hydrogen-bond donors (Lipinski definition) is 2. The molecule has 1 aliphatic rings. The van der Waals surface area contributed by atoms with Crippen LogP contribution in [-0.4, -0.2) is 39.1 Å². The molecule has 0 amide bonds. The molecule has 0 saturated carbocycles. The van der Waals surface area contributed by atoms with Crippen molar-refractivity contribution >= 4 is 11.9 Å². The average molecular weight is 324 g/mol. The number of benzene rings is 1. The van der Waals surface area contributed by atoms with E-state index in [1.165, 1.54) is 5.56 Å². The van der Waals surface area contributed by atoms with Crippen LogP contribution in [0.1, 0.15) is 39.2 Å². The van der Waals surface area contributed by atoms with Crippen molar-refractivity contribution < 1.29 is 9.84 Å². The van der Waals surface area contributed by atoms with Gasteiger partial charge < -0.3 is 15.6 Å². The number of ether oxygens (including phenoxy) is 1. The van der Waals surface area contributed by atoms with Gasteiger partial charge in [-0.3, -0.25) is 0 Å². The normalized spacial score (nSPS) is 26.4. The molecule has 5 heteroatoms. The molecule has 22 heavy (non-hydrogen) atoms. The van der Waals surface area contributed by atoms with E-state index in [1.54, 1.807) is 0 Å². The SMILES string of the molecule is CC(C)(C)SN(Cc1ccccc1)CC1CCC(N)C(O)O1. The smallest absolute Gasteiger partial charge is 0.170 e. The Bertz CT molecular complexity index is 450. The fraction of sp³-hybridized carbons (Fsp3) is 0.647. The van der Waals surface area contributed by atoms with Crippen LogP contribution < -0.4 is 5.73 Å². The lowest BCUT2D eigenvalue weighted by Gasteiger charge is -2.36. The van der Waals surface area contributed by atoms with Crippen LogP contribution in [0.4, 0.5) is 0 Å². The first-order valence-electron chi connectivity index (χ1n) is 7.90. The van der Waals surface area contributed by atoms with Gasteiger partial charge in [0.05, 0.1) is 12.1 Å². The Kier molecular flexibility index (Phi) is 6.29. The van der Waals surface area contributed by atoms with Gasteiger partial charge in [-0.2, -0.15) is 0 Å². The number of hydrogen-bond acceptors (Lipinski definition) is 5. The summed E-state index contributed by atoms with van der Waals surface area (Å²) < 4.78 is 8.13. The molecule has 2 rings (SSSR count). The maximum atomic E-state index is 9.81. The molecule has 1 heterocycles. The Hall–Kier alpha value is -0.590. The van der Waals surface area contributed by atoms with Crippen LogP contribution >= 0.6 is 11.9 Å². The van der Waals surface area contributed by atoms with Crippen LogP contribution in [0.15, 0.2) is 30.3 Å². The van der Waals surface area contributed by atoms with Crippen molar-refractivity contribution in [3.8, 4) is 0 Å². The van der Waals surface area contributed by atoms with Crippen molar-refractivity contribution in [2.24, 2.45) is 5.73 Å². The zero-order valence-corrected chi connectivity index (χ0v) is 14.6. The van der Waals surface area contributed by atoms with Gasteiger partial charge in [-0.15, -0.1) is 0 Å². The Balaban J connectivity index is 1.98. The molecule has 0 aliphatic carbocycles. The predicted octanol–water partition coefficient (Wildman–Crippen LogP) is 2.76. The largest absolute Gasteiger partial charge is 0.367 e. The lowest BCUT2D eigenvalue weighted by molar-refractivity contribution is -0.173. The van der Waals surface area contributed by atoms with Crippen LogP contribution in [0, 0.1) is 0 Å². The Morgan fingerprint density at radius 2 is 1.95 bits per heavy atom. The fourth-order valence-corrected chi connectivity index (χ4v) is 3.79. The third-order valence-corrected chi connectivity index (χ3v) is 4.62. The maximum absolute atomic E-state index is 9.81. The zero-order chi connectivity index (χ0) is 16.2. The summed E-state index contributed by atoms with van der Waals surface area (Å²) in [4.78, 5) is 0. The van der Waals surface area contributed by atoms with Crippen LogP contribution in [0.3, 0.4) is 0 Å². The molecule has 3 N–H and O–H groups in total. The molecule has 1 aromatic rings. The minimum absolute atomic E-state index is 0.0355. The molecule has 4 nitrogen and oxygen atoms in total. The highest BCUT2D eigenvalue weighted by Gasteiger charge is 2.29. The summed E-state index contributed by atoms with van der Waals surface area (Å²) >= 11 is 1.83. The monoisotopic (exact) mass is 324 g/mol. The molecule has 3 unspecified atom stereocenters. The fourth-order valence-electron chi connectivity index (χ4n) is 2.56. The van der Waals surface area contributed by atoms with Gasteiger partial charge in [0.1, 0.15) is 0 Å². The van der Waals surface area contributed by atoms with E-state index in [9.17, 15) is 5.11 Å². The van der Waals surface area contributed by atoms with Gasteiger partial charge in [0.15, 0.2) is 6.29 Å². The highest BCUT2D eigenvalue weighted by molar-refractivity contribution is 7.98. The first-order valence-corrected chi connectivity index (χ1v) is 8.68. The van der Waals surface area contributed by atoms with Gasteiger partial charge in [-0.25, -0.2) is 4.31 Å². The first-order chi connectivity index (χ1) is 10.3.